The average Bonchev–Trinajstić information content (AvgIpc) is 2.70. The number of carbonyl (C=O) groups excluding carboxylic acids is 1. The van der Waals surface area contributed by atoms with E-state index >= 15 is 0 Å². The highest BCUT2D eigenvalue weighted by molar-refractivity contribution is 7.89. The fraction of sp³-hybridized carbons (Fsp3) is 0.318. The molecule has 0 spiro atoms. The molecule has 0 unspecified atom stereocenters. The molecule has 2 aromatic rings. The summed E-state index contributed by atoms with van der Waals surface area (Å²) in [5.74, 6) is -0.182. The number of amides is 1. The van der Waals surface area contributed by atoms with Crippen molar-refractivity contribution in [2.45, 2.75) is 25.2 Å². The van der Waals surface area contributed by atoms with Crippen molar-refractivity contribution in [2.75, 3.05) is 26.7 Å². The topological polar surface area (TPSA) is 57.7 Å². The van der Waals surface area contributed by atoms with Crippen LogP contribution in [-0.2, 0) is 14.8 Å². The molecule has 0 saturated heterocycles. The summed E-state index contributed by atoms with van der Waals surface area (Å²) in [5, 5.41) is 0. The number of carbonyl (C=O) groups is 1. The monoisotopic (exact) mass is 398 g/mol. The van der Waals surface area contributed by atoms with Gasteiger partial charge < -0.3 is 4.90 Å². The third-order valence-electron chi connectivity index (χ3n) is 5.25. The minimum atomic E-state index is -3.70. The molecule has 0 saturated carbocycles. The number of likely N-dealkylation sites (N-methyl/N-ethyl adjacent to an activating group) is 1. The molecule has 148 valence electrons. The molecule has 6 heteroatoms. The Bertz CT molecular complexity index is 998. The van der Waals surface area contributed by atoms with E-state index in [1.54, 1.807) is 23.1 Å². The zero-order chi connectivity index (χ0) is 20.3. The number of rotatable bonds is 5. The summed E-state index contributed by atoms with van der Waals surface area (Å²) in [5.41, 5.74) is 4.34. The van der Waals surface area contributed by atoms with E-state index in [1.165, 1.54) is 18.2 Å². The maximum absolute atomic E-state index is 12.8. The zero-order valence-electron chi connectivity index (χ0n) is 16.6. The van der Waals surface area contributed by atoms with Gasteiger partial charge in [0, 0.05) is 20.1 Å². The molecule has 5 nitrogen and oxygen atoms in total. The van der Waals surface area contributed by atoms with E-state index < -0.39 is 10.0 Å². The van der Waals surface area contributed by atoms with E-state index in [9.17, 15) is 13.2 Å². The predicted molar refractivity (Wildman–Crippen MR) is 111 cm³/mol. The van der Waals surface area contributed by atoms with Gasteiger partial charge in [-0.15, -0.1) is 0 Å². The maximum Gasteiger partial charge on any atom is 0.243 e. The molecule has 0 aromatic heterocycles. The van der Waals surface area contributed by atoms with Crippen LogP contribution in [0.15, 0.2) is 59.5 Å². The van der Waals surface area contributed by atoms with E-state index in [-0.39, 0.29) is 17.3 Å². The molecule has 0 atom stereocenters. The summed E-state index contributed by atoms with van der Waals surface area (Å²) in [6, 6.07) is 15.1. The molecule has 28 heavy (non-hydrogen) atoms. The molecule has 1 heterocycles. The Hall–Kier alpha value is -2.44. The molecule has 0 radical (unpaired) electrons. The molecule has 0 aliphatic carbocycles. The molecule has 3 rings (SSSR count). The van der Waals surface area contributed by atoms with Crippen molar-refractivity contribution in [3.8, 4) is 0 Å². The molecule has 2 aromatic carbocycles. The van der Waals surface area contributed by atoms with Gasteiger partial charge in [0.2, 0.25) is 15.9 Å². The summed E-state index contributed by atoms with van der Waals surface area (Å²) in [7, 11) is -2.24. The van der Waals surface area contributed by atoms with E-state index in [4.69, 9.17) is 0 Å². The summed E-state index contributed by atoms with van der Waals surface area (Å²) >= 11 is 0. The Morgan fingerprint density at radius 3 is 2.39 bits per heavy atom. The predicted octanol–water partition coefficient (Wildman–Crippen LogP) is 3.24. The smallest absolute Gasteiger partial charge is 0.243 e. The van der Waals surface area contributed by atoms with Crippen LogP contribution in [0, 0.1) is 13.8 Å². The van der Waals surface area contributed by atoms with Gasteiger partial charge in [-0.3, -0.25) is 4.79 Å². The van der Waals surface area contributed by atoms with Crippen LogP contribution in [0.1, 0.15) is 23.1 Å². The summed E-state index contributed by atoms with van der Waals surface area (Å²) in [4.78, 5) is 14.6. The Labute approximate surface area is 167 Å². The first-order valence-electron chi connectivity index (χ1n) is 9.35. The van der Waals surface area contributed by atoms with Crippen molar-refractivity contribution in [2.24, 2.45) is 0 Å². The van der Waals surface area contributed by atoms with Crippen LogP contribution in [0.5, 0.6) is 0 Å². The fourth-order valence-electron chi connectivity index (χ4n) is 3.24. The second kappa shape index (κ2) is 8.29. The third-order valence-corrected chi connectivity index (χ3v) is 7.05. The minimum absolute atomic E-state index is 0.163. The lowest BCUT2D eigenvalue weighted by atomic mass is 9.99. The Morgan fingerprint density at radius 2 is 1.79 bits per heavy atom. The van der Waals surface area contributed by atoms with E-state index in [2.05, 4.69) is 18.2 Å². The first-order chi connectivity index (χ1) is 13.3. The lowest BCUT2D eigenvalue weighted by molar-refractivity contribution is -0.130. The van der Waals surface area contributed by atoms with Gasteiger partial charge >= 0.3 is 0 Å². The highest BCUT2D eigenvalue weighted by Gasteiger charge is 2.26. The van der Waals surface area contributed by atoms with Crippen molar-refractivity contribution in [3.05, 3.63) is 71.3 Å². The van der Waals surface area contributed by atoms with Crippen LogP contribution in [0.4, 0.5) is 0 Å². The van der Waals surface area contributed by atoms with Crippen LogP contribution in [0.2, 0.25) is 0 Å². The van der Waals surface area contributed by atoms with Gasteiger partial charge in [0.1, 0.15) is 0 Å². The number of hydrogen-bond donors (Lipinski definition) is 0. The first-order valence-corrected chi connectivity index (χ1v) is 10.8. The van der Waals surface area contributed by atoms with Gasteiger partial charge in [-0.25, -0.2) is 8.42 Å². The maximum atomic E-state index is 12.8. The quantitative estimate of drug-likeness (QED) is 0.777. The largest absolute Gasteiger partial charge is 0.337 e. The lowest BCUT2D eigenvalue weighted by Crippen LogP contribution is -2.42. The van der Waals surface area contributed by atoms with Crippen LogP contribution >= 0.6 is 0 Å². The van der Waals surface area contributed by atoms with Crippen LogP contribution in [0.3, 0.4) is 0 Å². The Morgan fingerprint density at radius 1 is 1.07 bits per heavy atom. The lowest BCUT2D eigenvalue weighted by Gasteiger charge is -2.28. The van der Waals surface area contributed by atoms with Gasteiger partial charge in [0.25, 0.3) is 0 Å². The Balaban J connectivity index is 1.66. The van der Waals surface area contributed by atoms with Gasteiger partial charge in [0.15, 0.2) is 0 Å². The SMILES string of the molecule is Cc1ccc(S(=O)(=O)N(C)CC(=O)N2CC=C(c3ccccc3)CC2)cc1C. The summed E-state index contributed by atoms with van der Waals surface area (Å²) in [6.07, 6.45) is 2.82. The van der Waals surface area contributed by atoms with Gasteiger partial charge in [0.05, 0.1) is 11.4 Å². The number of nitrogens with zero attached hydrogens (tertiary/aromatic N) is 2. The highest BCUT2D eigenvalue weighted by atomic mass is 32.2. The second-order valence-corrected chi connectivity index (χ2v) is 9.24. The minimum Gasteiger partial charge on any atom is -0.337 e. The number of sulfonamides is 1. The zero-order valence-corrected chi connectivity index (χ0v) is 17.4. The van der Waals surface area contributed by atoms with Gasteiger partial charge in [-0.05, 0) is 54.7 Å². The third kappa shape index (κ3) is 4.34. The number of benzene rings is 2. The fourth-order valence-corrected chi connectivity index (χ4v) is 4.45. The summed E-state index contributed by atoms with van der Waals surface area (Å²) in [6.45, 7) is 4.75. The van der Waals surface area contributed by atoms with Crippen molar-refractivity contribution >= 4 is 21.5 Å². The molecular formula is C22H26N2O3S. The van der Waals surface area contributed by atoms with E-state index in [0.717, 1.165) is 21.9 Å². The molecule has 1 amide bonds. The van der Waals surface area contributed by atoms with E-state index in [0.29, 0.717) is 13.1 Å². The van der Waals surface area contributed by atoms with E-state index in [1.807, 2.05) is 32.0 Å². The van der Waals surface area contributed by atoms with Gasteiger partial charge in [-0.2, -0.15) is 4.31 Å². The van der Waals surface area contributed by atoms with Crippen molar-refractivity contribution < 1.29 is 13.2 Å². The number of aryl methyl sites for hydroxylation is 2. The van der Waals surface area contributed by atoms with Crippen molar-refractivity contribution in [1.82, 2.24) is 9.21 Å². The van der Waals surface area contributed by atoms with Crippen LogP contribution in [0.25, 0.3) is 5.57 Å². The number of hydrogen-bond acceptors (Lipinski definition) is 3. The molecule has 0 fully saturated rings. The van der Waals surface area contributed by atoms with Crippen LogP contribution in [-0.4, -0.2) is 50.2 Å². The van der Waals surface area contributed by atoms with Gasteiger partial charge in [-0.1, -0.05) is 42.5 Å². The van der Waals surface area contributed by atoms with Crippen LogP contribution < -0.4 is 0 Å². The average molecular weight is 399 g/mol. The van der Waals surface area contributed by atoms with Crippen molar-refractivity contribution in [3.63, 3.8) is 0 Å². The molecule has 0 N–H and O–H groups in total. The normalized spacial score (nSPS) is 14.9. The molecule has 0 bridgehead atoms. The second-order valence-electron chi connectivity index (χ2n) is 7.19. The standard InChI is InChI=1S/C22H26N2O3S/c1-17-9-10-21(15-18(17)2)28(26,27)23(3)16-22(25)24-13-11-20(12-14-24)19-7-5-4-6-8-19/h4-11,15H,12-14,16H2,1-3H3. The summed E-state index contributed by atoms with van der Waals surface area (Å²) < 4.78 is 26.7. The molecular weight excluding hydrogens is 372 g/mol. The molecule has 1 aliphatic heterocycles. The van der Waals surface area contributed by atoms with Crippen molar-refractivity contribution in [1.29, 1.82) is 0 Å². The first kappa shape index (κ1) is 20.3. The highest BCUT2D eigenvalue weighted by Crippen LogP contribution is 2.23. The Kier molecular flexibility index (Phi) is 6.01. The molecule has 1 aliphatic rings.